The lowest BCUT2D eigenvalue weighted by Gasteiger charge is -2.19. The Morgan fingerprint density at radius 3 is 2.65 bits per heavy atom. The van der Waals surface area contributed by atoms with Crippen LogP contribution in [0.3, 0.4) is 0 Å². The average molecular weight is 419 g/mol. The lowest BCUT2D eigenvalue weighted by atomic mass is 9.98. The number of nitrogens with two attached hydrogens (primary N) is 1. The number of halogens is 3. The molecule has 0 amide bonds. The summed E-state index contributed by atoms with van der Waals surface area (Å²) in [5.41, 5.74) is 6.25. The number of rotatable bonds is 4. The number of hydrazine groups is 1. The molecule has 0 aliphatic carbocycles. The molecule has 0 saturated heterocycles. The number of aryl methyl sites for hydroxylation is 1. The number of hydrogen-bond donors (Lipinski definition) is 2. The molecule has 0 aliphatic heterocycles. The quantitative estimate of drug-likeness (QED) is 0.546. The monoisotopic (exact) mass is 416 g/mol. The molecule has 0 aromatic heterocycles. The van der Waals surface area contributed by atoms with Crippen molar-refractivity contribution in [2.45, 2.75) is 19.4 Å². The molecule has 0 radical (unpaired) electrons. The normalized spacial score (nSPS) is 12.4. The molecule has 106 valence electrons. The molecule has 0 aliphatic rings. The van der Waals surface area contributed by atoms with Crippen LogP contribution in [0.15, 0.2) is 45.3 Å². The minimum absolute atomic E-state index is 0.00273. The first-order valence-corrected chi connectivity index (χ1v) is 8.14. The van der Waals surface area contributed by atoms with Crippen molar-refractivity contribution in [3.05, 3.63) is 67.1 Å². The fourth-order valence-corrected chi connectivity index (χ4v) is 3.40. The first-order chi connectivity index (χ1) is 9.52. The summed E-state index contributed by atoms with van der Waals surface area (Å²) in [7, 11) is 0. The Balaban J connectivity index is 2.31. The van der Waals surface area contributed by atoms with Gasteiger partial charge in [0.2, 0.25) is 0 Å². The molecule has 0 spiro atoms. The summed E-state index contributed by atoms with van der Waals surface area (Å²) in [6.07, 6.45) is 0.727. The van der Waals surface area contributed by atoms with Gasteiger partial charge in [0, 0.05) is 14.0 Å². The van der Waals surface area contributed by atoms with E-state index in [0.29, 0.717) is 0 Å². The van der Waals surface area contributed by atoms with Crippen molar-refractivity contribution in [2.24, 2.45) is 5.84 Å². The highest BCUT2D eigenvalue weighted by molar-refractivity contribution is 9.10. The predicted molar refractivity (Wildman–Crippen MR) is 91.8 cm³/mol. The molecule has 1 unspecified atom stereocenters. The highest BCUT2D eigenvalue weighted by atomic mass is 79.9. The van der Waals surface area contributed by atoms with Crippen molar-refractivity contribution in [3.8, 4) is 0 Å². The minimum atomic E-state index is 0.00273. The molecule has 0 bridgehead atoms. The van der Waals surface area contributed by atoms with Crippen LogP contribution in [0.2, 0.25) is 5.02 Å². The van der Waals surface area contributed by atoms with Gasteiger partial charge in [0.25, 0.3) is 0 Å². The van der Waals surface area contributed by atoms with Crippen LogP contribution in [0.1, 0.15) is 22.7 Å². The highest BCUT2D eigenvalue weighted by Crippen LogP contribution is 2.30. The summed E-state index contributed by atoms with van der Waals surface area (Å²) in [6.45, 7) is 2.06. The van der Waals surface area contributed by atoms with Crippen LogP contribution in [-0.4, -0.2) is 0 Å². The molecule has 2 aromatic carbocycles. The van der Waals surface area contributed by atoms with Gasteiger partial charge >= 0.3 is 0 Å². The Morgan fingerprint density at radius 2 is 2.00 bits per heavy atom. The van der Waals surface area contributed by atoms with E-state index in [9.17, 15) is 0 Å². The topological polar surface area (TPSA) is 38.0 Å². The van der Waals surface area contributed by atoms with Gasteiger partial charge in [-0.25, -0.2) is 0 Å². The fraction of sp³-hybridized carbons (Fsp3) is 0.200. The van der Waals surface area contributed by atoms with E-state index >= 15 is 0 Å². The lowest BCUT2D eigenvalue weighted by molar-refractivity contribution is 0.549. The summed E-state index contributed by atoms with van der Waals surface area (Å²) in [5, 5.41) is 0.739. The minimum Gasteiger partial charge on any atom is -0.271 e. The van der Waals surface area contributed by atoms with Gasteiger partial charge in [-0.3, -0.25) is 11.3 Å². The molecule has 3 N–H and O–H groups in total. The number of hydrogen-bond acceptors (Lipinski definition) is 2. The largest absolute Gasteiger partial charge is 0.271 e. The second-order valence-electron chi connectivity index (χ2n) is 4.64. The molecule has 0 heterocycles. The average Bonchev–Trinajstić information content (AvgIpc) is 2.42. The van der Waals surface area contributed by atoms with Crippen molar-refractivity contribution < 1.29 is 0 Å². The third-order valence-corrected chi connectivity index (χ3v) is 5.17. The van der Waals surface area contributed by atoms with Crippen molar-refractivity contribution in [1.82, 2.24) is 5.43 Å². The first-order valence-electron chi connectivity index (χ1n) is 6.18. The molecule has 2 rings (SSSR count). The highest BCUT2D eigenvalue weighted by Gasteiger charge is 2.16. The van der Waals surface area contributed by atoms with Crippen molar-refractivity contribution in [3.63, 3.8) is 0 Å². The summed E-state index contributed by atoms with van der Waals surface area (Å²) in [6, 6.07) is 12.1. The smallest absolute Gasteiger partial charge is 0.0512 e. The first kappa shape index (κ1) is 16.0. The van der Waals surface area contributed by atoms with Crippen molar-refractivity contribution in [1.29, 1.82) is 0 Å². The Bertz CT molecular complexity index is 617. The molecule has 2 aromatic rings. The van der Waals surface area contributed by atoms with E-state index in [2.05, 4.69) is 56.3 Å². The SMILES string of the molecule is Cc1cccc(C(Cc2ccc(Br)cc2Cl)NN)c1Br. The third kappa shape index (κ3) is 3.62. The van der Waals surface area contributed by atoms with E-state index in [1.807, 2.05) is 24.3 Å². The standard InChI is InChI=1S/C15H15Br2ClN2/c1-9-3-2-4-12(15(9)17)14(20-19)7-10-5-6-11(16)8-13(10)18/h2-6,8,14,20H,7,19H2,1H3. The van der Waals surface area contributed by atoms with Crippen molar-refractivity contribution >= 4 is 43.5 Å². The van der Waals surface area contributed by atoms with E-state index in [1.165, 1.54) is 5.56 Å². The maximum atomic E-state index is 6.28. The summed E-state index contributed by atoms with van der Waals surface area (Å²) in [4.78, 5) is 0. The van der Waals surface area contributed by atoms with Crippen LogP contribution in [0.5, 0.6) is 0 Å². The van der Waals surface area contributed by atoms with E-state index in [4.69, 9.17) is 17.4 Å². The van der Waals surface area contributed by atoms with Crippen LogP contribution in [0, 0.1) is 6.92 Å². The summed E-state index contributed by atoms with van der Waals surface area (Å²) < 4.78 is 2.05. The summed E-state index contributed by atoms with van der Waals surface area (Å²) in [5.74, 6) is 5.73. The predicted octanol–water partition coefficient (Wildman–Crippen LogP) is 4.92. The third-order valence-electron chi connectivity index (χ3n) is 3.24. The van der Waals surface area contributed by atoms with E-state index < -0.39 is 0 Å². The molecule has 5 heteroatoms. The number of benzene rings is 2. The number of nitrogens with one attached hydrogen (secondary N) is 1. The van der Waals surface area contributed by atoms with Crippen LogP contribution >= 0.6 is 43.5 Å². The van der Waals surface area contributed by atoms with Gasteiger partial charge in [-0.05, 0) is 42.2 Å². The van der Waals surface area contributed by atoms with Gasteiger partial charge in [0.1, 0.15) is 0 Å². The van der Waals surface area contributed by atoms with Gasteiger partial charge < -0.3 is 0 Å². The van der Waals surface area contributed by atoms with Gasteiger partial charge in [0.05, 0.1) is 6.04 Å². The second kappa shape index (κ2) is 7.05. The molecule has 0 saturated carbocycles. The Labute approximate surface area is 140 Å². The Hall–Kier alpha value is -0.390. The molecule has 20 heavy (non-hydrogen) atoms. The molecular weight excluding hydrogens is 403 g/mol. The van der Waals surface area contributed by atoms with Crippen LogP contribution in [0.4, 0.5) is 0 Å². The second-order valence-corrected chi connectivity index (χ2v) is 6.75. The molecular formula is C15H15Br2ClN2. The van der Waals surface area contributed by atoms with Gasteiger partial charge in [-0.1, -0.05) is 67.7 Å². The maximum Gasteiger partial charge on any atom is 0.0512 e. The van der Waals surface area contributed by atoms with E-state index in [-0.39, 0.29) is 6.04 Å². The van der Waals surface area contributed by atoms with Crippen LogP contribution < -0.4 is 11.3 Å². The van der Waals surface area contributed by atoms with Crippen LogP contribution in [0.25, 0.3) is 0 Å². The Morgan fingerprint density at radius 1 is 1.25 bits per heavy atom. The lowest BCUT2D eigenvalue weighted by Crippen LogP contribution is -2.30. The summed E-state index contributed by atoms with van der Waals surface area (Å²) >= 11 is 13.3. The fourth-order valence-electron chi connectivity index (χ4n) is 2.11. The zero-order valence-corrected chi connectivity index (χ0v) is 14.9. The van der Waals surface area contributed by atoms with Gasteiger partial charge in [0.15, 0.2) is 0 Å². The van der Waals surface area contributed by atoms with Gasteiger partial charge in [-0.15, -0.1) is 0 Å². The van der Waals surface area contributed by atoms with Gasteiger partial charge in [-0.2, -0.15) is 0 Å². The zero-order chi connectivity index (χ0) is 14.7. The zero-order valence-electron chi connectivity index (χ0n) is 11.0. The molecule has 2 nitrogen and oxygen atoms in total. The molecule has 1 atom stereocenters. The van der Waals surface area contributed by atoms with E-state index in [0.717, 1.165) is 31.5 Å². The maximum absolute atomic E-state index is 6.28. The van der Waals surface area contributed by atoms with Crippen molar-refractivity contribution in [2.75, 3.05) is 0 Å². The van der Waals surface area contributed by atoms with Crippen LogP contribution in [-0.2, 0) is 6.42 Å². The Kier molecular flexibility index (Phi) is 5.64. The van der Waals surface area contributed by atoms with E-state index in [1.54, 1.807) is 0 Å². The molecule has 0 fully saturated rings.